The molecule has 2 heteroatoms. The molecule has 0 aliphatic carbocycles. The molecule has 1 aromatic rings. The van der Waals surface area contributed by atoms with Gasteiger partial charge >= 0.3 is 0 Å². The second-order valence-electron chi connectivity index (χ2n) is 4.71. The SMILES string of the molecule is CC(C)=CCCC(C)=CCOCc1ccccn1. The molecule has 0 aliphatic rings. The number of hydrogen-bond donors (Lipinski definition) is 0. The monoisotopic (exact) mass is 245 g/mol. The first-order valence-electron chi connectivity index (χ1n) is 6.45. The molecule has 0 amide bonds. The Kier molecular flexibility index (Phi) is 7.04. The molecule has 1 aromatic heterocycles. The minimum absolute atomic E-state index is 0.582. The van der Waals surface area contributed by atoms with Crippen LogP contribution in [0.25, 0.3) is 0 Å². The first-order valence-corrected chi connectivity index (χ1v) is 6.45. The minimum atomic E-state index is 0.582. The highest BCUT2D eigenvalue weighted by molar-refractivity contribution is 5.03. The lowest BCUT2D eigenvalue weighted by Gasteiger charge is -2.02. The van der Waals surface area contributed by atoms with Crippen LogP contribution < -0.4 is 0 Å². The van der Waals surface area contributed by atoms with E-state index >= 15 is 0 Å². The normalized spacial score (nSPS) is 11.4. The molecule has 0 saturated carbocycles. The predicted octanol–water partition coefficient (Wildman–Crippen LogP) is 4.29. The largest absolute Gasteiger partial charge is 0.371 e. The summed E-state index contributed by atoms with van der Waals surface area (Å²) in [6, 6.07) is 5.87. The van der Waals surface area contributed by atoms with Gasteiger partial charge in [-0.15, -0.1) is 0 Å². The summed E-state index contributed by atoms with van der Waals surface area (Å²) in [5.74, 6) is 0. The number of aromatic nitrogens is 1. The van der Waals surface area contributed by atoms with Crippen molar-refractivity contribution in [2.75, 3.05) is 6.61 Å². The van der Waals surface area contributed by atoms with Crippen LogP contribution in [0, 0.1) is 0 Å². The number of rotatable bonds is 7. The number of hydrogen-bond acceptors (Lipinski definition) is 2. The fourth-order valence-electron chi connectivity index (χ4n) is 1.54. The molecule has 0 saturated heterocycles. The molecule has 98 valence electrons. The van der Waals surface area contributed by atoms with Crippen LogP contribution in [-0.2, 0) is 11.3 Å². The van der Waals surface area contributed by atoms with Crippen molar-refractivity contribution in [1.82, 2.24) is 4.98 Å². The van der Waals surface area contributed by atoms with Crippen LogP contribution in [0.1, 0.15) is 39.3 Å². The summed E-state index contributed by atoms with van der Waals surface area (Å²) in [6.45, 7) is 7.67. The molecule has 18 heavy (non-hydrogen) atoms. The predicted molar refractivity (Wildman–Crippen MR) is 76.3 cm³/mol. The Morgan fingerprint density at radius 3 is 2.72 bits per heavy atom. The zero-order valence-corrected chi connectivity index (χ0v) is 11.6. The van der Waals surface area contributed by atoms with E-state index in [0.29, 0.717) is 13.2 Å². The smallest absolute Gasteiger partial charge is 0.0892 e. The van der Waals surface area contributed by atoms with E-state index in [0.717, 1.165) is 18.5 Å². The van der Waals surface area contributed by atoms with Crippen LogP contribution in [-0.4, -0.2) is 11.6 Å². The maximum absolute atomic E-state index is 5.56. The Morgan fingerprint density at radius 2 is 2.06 bits per heavy atom. The molecular formula is C16H23NO. The Morgan fingerprint density at radius 1 is 1.22 bits per heavy atom. The van der Waals surface area contributed by atoms with Gasteiger partial charge in [0.2, 0.25) is 0 Å². The van der Waals surface area contributed by atoms with Crippen molar-refractivity contribution in [2.45, 2.75) is 40.2 Å². The molecule has 0 spiro atoms. The van der Waals surface area contributed by atoms with Crippen molar-refractivity contribution < 1.29 is 4.74 Å². The van der Waals surface area contributed by atoms with E-state index in [1.807, 2.05) is 18.2 Å². The Hall–Kier alpha value is -1.41. The Balaban J connectivity index is 2.18. The summed E-state index contributed by atoms with van der Waals surface area (Å²) in [5, 5.41) is 0. The van der Waals surface area contributed by atoms with Gasteiger partial charge in [0.25, 0.3) is 0 Å². The van der Waals surface area contributed by atoms with E-state index in [9.17, 15) is 0 Å². The van der Waals surface area contributed by atoms with Gasteiger partial charge in [0.05, 0.1) is 18.9 Å². The molecule has 0 aromatic carbocycles. The van der Waals surface area contributed by atoms with Gasteiger partial charge in [-0.25, -0.2) is 0 Å². The maximum atomic E-state index is 5.56. The van der Waals surface area contributed by atoms with Crippen LogP contribution in [0.5, 0.6) is 0 Å². The molecule has 0 atom stereocenters. The van der Waals surface area contributed by atoms with Gasteiger partial charge in [0.15, 0.2) is 0 Å². The molecular weight excluding hydrogens is 222 g/mol. The zero-order valence-electron chi connectivity index (χ0n) is 11.6. The van der Waals surface area contributed by atoms with Crippen LogP contribution in [0.4, 0.5) is 0 Å². The first-order chi connectivity index (χ1) is 8.68. The van der Waals surface area contributed by atoms with Crippen LogP contribution in [0.2, 0.25) is 0 Å². The van der Waals surface area contributed by atoms with Gasteiger partial charge < -0.3 is 4.74 Å². The van der Waals surface area contributed by atoms with Crippen molar-refractivity contribution in [3.63, 3.8) is 0 Å². The Bertz CT molecular complexity index is 389. The summed E-state index contributed by atoms with van der Waals surface area (Å²) >= 11 is 0. The highest BCUT2D eigenvalue weighted by Crippen LogP contribution is 2.06. The maximum Gasteiger partial charge on any atom is 0.0892 e. The van der Waals surface area contributed by atoms with Crippen molar-refractivity contribution >= 4 is 0 Å². The fourth-order valence-corrected chi connectivity index (χ4v) is 1.54. The highest BCUT2D eigenvalue weighted by atomic mass is 16.5. The second-order valence-corrected chi connectivity index (χ2v) is 4.71. The molecule has 0 aliphatic heterocycles. The number of ether oxygens (including phenoxy) is 1. The van der Waals surface area contributed by atoms with Crippen molar-refractivity contribution in [3.05, 3.63) is 53.4 Å². The summed E-state index contributed by atoms with van der Waals surface area (Å²) in [7, 11) is 0. The van der Waals surface area contributed by atoms with Crippen LogP contribution in [0.15, 0.2) is 47.7 Å². The molecule has 1 rings (SSSR count). The lowest BCUT2D eigenvalue weighted by molar-refractivity contribution is 0.145. The zero-order chi connectivity index (χ0) is 13.2. The molecule has 0 unspecified atom stereocenters. The minimum Gasteiger partial charge on any atom is -0.371 e. The third kappa shape index (κ3) is 7.02. The first kappa shape index (κ1) is 14.7. The average molecular weight is 245 g/mol. The van der Waals surface area contributed by atoms with E-state index in [4.69, 9.17) is 4.74 Å². The van der Waals surface area contributed by atoms with E-state index < -0.39 is 0 Å². The molecule has 0 fully saturated rings. The van der Waals surface area contributed by atoms with E-state index in [-0.39, 0.29) is 0 Å². The van der Waals surface area contributed by atoms with E-state index in [1.54, 1.807) is 6.20 Å². The lowest BCUT2D eigenvalue weighted by atomic mass is 10.1. The molecule has 2 nitrogen and oxygen atoms in total. The van der Waals surface area contributed by atoms with Crippen molar-refractivity contribution in [1.29, 1.82) is 0 Å². The topological polar surface area (TPSA) is 22.1 Å². The van der Waals surface area contributed by atoms with Gasteiger partial charge in [-0.05, 0) is 45.7 Å². The summed E-state index contributed by atoms with van der Waals surface area (Å²) < 4.78 is 5.56. The summed E-state index contributed by atoms with van der Waals surface area (Å²) in [4.78, 5) is 4.21. The Labute approximate surface area is 110 Å². The second kappa shape index (κ2) is 8.65. The summed E-state index contributed by atoms with van der Waals surface area (Å²) in [6.07, 6.45) is 8.44. The van der Waals surface area contributed by atoms with Gasteiger partial charge in [-0.1, -0.05) is 29.4 Å². The third-order valence-electron chi connectivity index (χ3n) is 2.62. The fraction of sp³-hybridized carbons (Fsp3) is 0.438. The van der Waals surface area contributed by atoms with Crippen LogP contribution >= 0.6 is 0 Å². The lowest BCUT2D eigenvalue weighted by Crippen LogP contribution is -1.95. The highest BCUT2D eigenvalue weighted by Gasteiger charge is 1.92. The van der Waals surface area contributed by atoms with Gasteiger partial charge in [0.1, 0.15) is 0 Å². The van der Waals surface area contributed by atoms with Crippen molar-refractivity contribution in [2.24, 2.45) is 0 Å². The molecule has 0 bridgehead atoms. The van der Waals surface area contributed by atoms with Crippen molar-refractivity contribution in [3.8, 4) is 0 Å². The van der Waals surface area contributed by atoms with Crippen LogP contribution in [0.3, 0.4) is 0 Å². The molecule has 0 N–H and O–H groups in total. The third-order valence-corrected chi connectivity index (χ3v) is 2.62. The van der Waals surface area contributed by atoms with Gasteiger partial charge in [-0.2, -0.15) is 0 Å². The molecule has 1 heterocycles. The summed E-state index contributed by atoms with van der Waals surface area (Å²) in [5.41, 5.74) is 3.75. The van der Waals surface area contributed by atoms with Gasteiger partial charge in [0, 0.05) is 6.20 Å². The number of allylic oxidation sites excluding steroid dienone is 3. The van der Waals surface area contributed by atoms with Gasteiger partial charge in [-0.3, -0.25) is 4.98 Å². The standard InChI is InChI=1S/C16H23NO/c1-14(2)7-6-8-15(3)10-12-18-13-16-9-4-5-11-17-16/h4-5,7,9-11H,6,8,12-13H2,1-3H3. The number of nitrogens with zero attached hydrogens (tertiary/aromatic N) is 1. The average Bonchev–Trinajstić information content (AvgIpc) is 2.35. The van der Waals surface area contributed by atoms with E-state index in [2.05, 4.69) is 37.9 Å². The number of pyridine rings is 1. The molecule has 0 radical (unpaired) electrons. The quantitative estimate of drug-likeness (QED) is 0.528. The van der Waals surface area contributed by atoms with E-state index in [1.165, 1.54) is 11.1 Å².